The molecule has 1 aliphatic carbocycles. The molecule has 0 bridgehead atoms. The zero-order valence-electron chi connectivity index (χ0n) is 12.7. The predicted octanol–water partition coefficient (Wildman–Crippen LogP) is 2.46. The van der Waals surface area contributed by atoms with Crippen molar-refractivity contribution in [1.82, 2.24) is 15.2 Å². The zero-order valence-corrected chi connectivity index (χ0v) is 12.7. The van der Waals surface area contributed by atoms with E-state index in [2.05, 4.69) is 40.6 Å². The largest absolute Gasteiger partial charge is 0.359 e. The van der Waals surface area contributed by atoms with Crippen molar-refractivity contribution in [3.8, 4) is 0 Å². The lowest BCUT2D eigenvalue weighted by atomic mass is 10.1. The standard InChI is InChI=1S/C16H27N3O/c1-3-9-18-16(13-6-7-13)14-8-11-19(12-14)10-4-5-15(20)17-2/h8,11-13,16,18H,3-7,9-10H2,1-2H3,(H,17,20). The minimum atomic E-state index is 0.123. The van der Waals surface area contributed by atoms with Gasteiger partial charge in [0.2, 0.25) is 5.91 Å². The Kier molecular flexibility index (Phi) is 5.65. The van der Waals surface area contributed by atoms with E-state index in [-0.39, 0.29) is 5.91 Å². The van der Waals surface area contributed by atoms with E-state index in [0.29, 0.717) is 12.5 Å². The summed E-state index contributed by atoms with van der Waals surface area (Å²) < 4.78 is 2.21. The highest BCUT2D eigenvalue weighted by Gasteiger charge is 2.32. The second-order valence-corrected chi connectivity index (χ2v) is 5.73. The highest BCUT2D eigenvalue weighted by atomic mass is 16.1. The fraction of sp³-hybridized carbons (Fsp3) is 0.688. The van der Waals surface area contributed by atoms with Gasteiger partial charge in [0, 0.05) is 38.4 Å². The van der Waals surface area contributed by atoms with Crippen LogP contribution in [0.25, 0.3) is 0 Å². The van der Waals surface area contributed by atoms with Crippen molar-refractivity contribution in [2.75, 3.05) is 13.6 Å². The topological polar surface area (TPSA) is 46.1 Å². The molecule has 2 N–H and O–H groups in total. The van der Waals surface area contributed by atoms with Crippen molar-refractivity contribution >= 4 is 5.91 Å². The molecule has 1 saturated carbocycles. The summed E-state index contributed by atoms with van der Waals surface area (Å²) in [4.78, 5) is 11.2. The fourth-order valence-corrected chi connectivity index (χ4v) is 2.62. The molecule has 1 aliphatic rings. The van der Waals surface area contributed by atoms with Crippen molar-refractivity contribution in [1.29, 1.82) is 0 Å². The van der Waals surface area contributed by atoms with Crippen LogP contribution in [0.1, 0.15) is 50.6 Å². The van der Waals surface area contributed by atoms with Crippen LogP contribution in [0.2, 0.25) is 0 Å². The lowest BCUT2D eigenvalue weighted by molar-refractivity contribution is -0.120. The quantitative estimate of drug-likeness (QED) is 0.728. The molecule has 4 nitrogen and oxygen atoms in total. The molecule has 1 unspecified atom stereocenters. The molecule has 0 saturated heterocycles. The van der Waals surface area contributed by atoms with Crippen LogP contribution in [-0.2, 0) is 11.3 Å². The lowest BCUT2D eigenvalue weighted by Gasteiger charge is -2.16. The monoisotopic (exact) mass is 277 g/mol. The first kappa shape index (κ1) is 15.1. The summed E-state index contributed by atoms with van der Waals surface area (Å²) in [5, 5.41) is 6.33. The normalized spacial score (nSPS) is 16.1. The minimum Gasteiger partial charge on any atom is -0.359 e. The maximum atomic E-state index is 11.2. The number of hydrogen-bond donors (Lipinski definition) is 2. The number of rotatable bonds is 9. The minimum absolute atomic E-state index is 0.123. The number of aryl methyl sites for hydroxylation is 1. The SMILES string of the molecule is CCCNC(c1ccn(CCCC(=O)NC)c1)C1CC1. The number of nitrogens with zero attached hydrogens (tertiary/aromatic N) is 1. The Morgan fingerprint density at radius 2 is 2.30 bits per heavy atom. The molecule has 2 rings (SSSR count). The molecule has 0 spiro atoms. The Balaban J connectivity index is 1.84. The Morgan fingerprint density at radius 1 is 1.50 bits per heavy atom. The summed E-state index contributed by atoms with van der Waals surface area (Å²) in [5.41, 5.74) is 1.40. The number of amides is 1. The molecular weight excluding hydrogens is 250 g/mol. The van der Waals surface area contributed by atoms with Crippen molar-refractivity contribution in [3.05, 3.63) is 24.0 Å². The molecule has 0 radical (unpaired) electrons. The van der Waals surface area contributed by atoms with Gasteiger partial charge in [0.1, 0.15) is 0 Å². The van der Waals surface area contributed by atoms with Crippen molar-refractivity contribution in [2.24, 2.45) is 5.92 Å². The van der Waals surface area contributed by atoms with Gasteiger partial charge in [-0.3, -0.25) is 4.79 Å². The van der Waals surface area contributed by atoms with E-state index in [0.717, 1.165) is 25.4 Å². The van der Waals surface area contributed by atoms with Gasteiger partial charge in [-0.2, -0.15) is 0 Å². The predicted molar refractivity (Wildman–Crippen MR) is 81.5 cm³/mol. The van der Waals surface area contributed by atoms with Gasteiger partial charge >= 0.3 is 0 Å². The third-order valence-corrected chi connectivity index (χ3v) is 3.94. The molecule has 0 aromatic carbocycles. The highest BCUT2D eigenvalue weighted by Crippen LogP contribution is 2.41. The Hall–Kier alpha value is -1.29. The first-order chi connectivity index (χ1) is 9.74. The molecule has 4 heteroatoms. The van der Waals surface area contributed by atoms with Crippen molar-refractivity contribution < 1.29 is 4.79 Å². The van der Waals surface area contributed by atoms with Crippen LogP contribution in [0.15, 0.2) is 18.5 Å². The van der Waals surface area contributed by atoms with Gasteiger partial charge in [0.05, 0.1) is 0 Å². The molecule has 112 valence electrons. The van der Waals surface area contributed by atoms with E-state index >= 15 is 0 Å². The second kappa shape index (κ2) is 7.48. The highest BCUT2D eigenvalue weighted by molar-refractivity contribution is 5.75. The molecule has 1 amide bonds. The van der Waals surface area contributed by atoms with Gasteiger partial charge in [0.15, 0.2) is 0 Å². The van der Waals surface area contributed by atoms with Gasteiger partial charge in [0.25, 0.3) is 0 Å². The Bertz CT molecular complexity index is 423. The van der Waals surface area contributed by atoms with Crippen LogP contribution >= 0.6 is 0 Å². The maximum absolute atomic E-state index is 11.2. The summed E-state index contributed by atoms with van der Waals surface area (Å²) in [7, 11) is 1.69. The summed E-state index contributed by atoms with van der Waals surface area (Å²) in [6, 6.07) is 2.75. The number of carbonyl (C=O) groups excluding carboxylic acids is 1. The van der Waals surface area contributed by atoms with E-state index in [9.17, 15) is 4.79 Å². The number of aromatic nitrogens is 1. The van der Waals surface area contributed by atoms with Crippen LogP contribution in [0.4, 0.5) is 0 Å². The van der Waals surface area contributed by atoms with Crippen LogP contribution < -0.4 is 10.6 Å². The fourth-order valence-electron chi connectivity index (χ4n) is 2.62. The molecule has 1 atom stereocenters. The number of nitrogens with one attached hydrogen (secondary N) is 2. The van der Waals surface area contributed by atoms with Crippen LogP contribution in [0.5, 0.6) is 0 Å². The smallest absolute Gasteiger partial charge is 0.219 e. The van der Waals surface area contributed by atoms with E-state index in [4.69, 9.17) is 0 Å². The summed E-state index contributed by atoms with van der Waals surface area (Å²) >= 11 is 0. The molecule has 20 heavy (non-hydrogen) atoms. The third kappa shape index (κ3) is 4.37. The average molecular weight is 277 g/mol. The molecule has 0 aliphatic heterocycles. The van der Waals surface area contributed by atoms with Crippen LogP contribution in [0.3, 0.4) is 0 Å². The van der Waals surface area contributed by atoms with E-state index < -0.39 is 0 Å². The average Bonchev–Trinajstić information content (AvgIpc) is 3.19. The molecule has 1 aromatic rings. The van der Waals surface area contributed by atoms with Crippen LogP contribution in [-0.4, -0.2) is 24.1 Å². The first-order valence-electron chi connectivity index (χ1n) is 7.84. The first-order valence-corrected chi connectivity index (χ1v) is 7.84. The van der Waals surface area contributed by atoms with Gasteiger partial charge in [-0.05, 0) is 49.8 Å². The van der Waals surface area contributed by atoms with Crippen LogP contribution in [0, 0.1) is 5.92 Å². The maximum Gasteiger partial charge on any atom is 0.219 e. The summed E-state index contributed by atoms with van der Waals surface area (Å²) in [6.45, 7) is 4.21. The molecule has 1 aromatic heterocycles. The van der Waals surface area contributed by atoms with E-state index in [1.54, 1.807) is 7.05 Å². The third-order valence-electron chi connectivity index (χ3n) is 3.94. The lowest BCUT2D eigenvalue weighted by Crippen LogP contribution is -2.23. The van der Waals surface area contributed by atoms with Gasteiger partial charge in [-0.25, -0.2) is 0 Å². The number of carbonyl (C=O) groups is 1. The van der Waals surface area contributed by atoms with Gasteiger partial charge in [-0.1, -0.05) is 6.92 Å². The van der Waals surface area contributed by atoms with Gasteiger partial charge in [-0.15, -0.1) is 0 Å². The number of hydrogen-bond acceptors (Lipinski definition) is 2. The van der Waals surface area contributed by atoms with E-state index in [1.807, 2.05) is 0 Å². The van der Waals surface area contributed by atoms with Crippen molar-refractivity contribution in [2.45, 2.75) is 51.6 Å². The zero-order chi connectivity index (χ0) is 14.4. The molecule has 1 heterocycles. The molecule has 1 fully saturated rings. The summed E-state index contributed by atoms with van der Waals surface area (Å²) in [6.07, 6.45) is 9.76. The Labute approximate surface area is 121 Å². The second-order valence-electron chi connectivity index (χ2n) is 5.73. The molecular formula is C16H27N3O. The van der Waals surface area contributed by atoms with Gasteiger partial charge < -0.3 is 15.2 Å². The van der Waals surface area contributed by atoms with Crippen molar-refractivity contribution in [3.63, 3.8) is 0 Å². The van der Waals surface area contributed by atoms with E-state index in [1.165, 1.54) is 24.8 Å². The summed E-state index contributed by atoms with van der Waals surface area (Å²) in [5.74, 6) is 0.945. The Morgan fingerprint density at radius 3 is 2.95 bits per heavy atom.